The predicted octanol–water partition coefficient (Wildman–Crippen LogP) is 8.89. The third-order valence-electron chi connectivity index (χ3n) is 10.8. The standard InChI is InChI=1S/C45H59N3O6/c1-3-5-6-7-8-9-10-11-12-17-28-46-42(49)36-24-22-34(23-25-36)31-48(43(50)44(51)53-4-2)32-35-26-29-47(30-27-35)45(52)54-33-41-39-20-15-13-18-37(39)38-19-14-16-21-40(38)41/h13-16,18-25,35,41H,3-12,17,26-33H2,1-2H3,(H,46,49). The van der Waals surface area contributed by atoms with Gasteiger partial charge in [0.1, 0.15) is 6.61 Å². The summed E-state index contributed by atoms with van der Waals surface area (Å²) in [5, 5.41) is 3.03. The molecule has 1 fully saturated rings. The van der Waals surface area contributed by atoms with Gasteiger partial charge >= 0.3 is 18.0 Å². The van der Waals surface area contributed by atoms with Crippen LogP contribution in [0.1, 0.15) is 124 Å². The molecule has 0 aromatic heterocycles. The van der Waals surface area contributed by atoms with E-state index < -0.39 is 11.9 Å². The number of ether oxygens (including phenoxy) is 2. The van der Waals surface area contributed by atoms with Crippen LogP contribution in [0.5, 0.6) is 0 Å². The van der Waals surface area contributed by atoms with Crippen molar-refractivity contribution < 1.29 is 28.7 Å². The number of fused-ring (bicyclic) bond motifs is 3. The maximum atomic E-state index is 13.2. The monoisotopic (exact) mass is 737 g/mol. The van der Waals surface area contributed by atoms with Gasteiger partial charge in [-0.05, 0) is 72.1 Å². The summed E-state index contributed by atoms with van der Waals surface area (Å²) >= 11 is 0. The van der Waals surface area contributed by atoms with Gasteiger partial charge in [0, 0.05) is 44.2 Å². The molecule has 0 spiro atoms. The van der Waals surface area contributed by atoms with Crippen LogP contribution in [-0.2, 0) is 25.6 Å². The SMILES string of the molecule is CCCCCCCCCCCCNC(=O)c1ccc(CN(CC2CCN(C(=O)OCC3c4ccccc4-c4ccccc43)CC2)C(=O)C(=O)OCC)cc1. The smallest absolute Gasteiger partial charge is 0.409 e. The zero-order valence-electron chi connectivity index (χ0n) is 32.4. The van der Waals surface area contributed by atoms with Crippen LogP contribution in [0.4, 0.5) is 4.79 Å². The highest BCUT2D eigenvalue weighted by atomic mass is 16.6. The number of benzene rings is 3. The number of amides is 3. The lowest BCUT2D eigenvalue weighted by Gasteiger charge is -2.34. The van der Waals surface area contributed by atoms with E-state index in [4.69, 9.17) is 9.47 Å². The summed E-state index contributed by atoms with van der Waals surface area (Å²) in [4.78, 5) is 55.0. The van der Waals surface area contributed by atoms with Crippen LogP contribution in [0, 0.1) is 5.92 Å². The quantitative estimate of drug-likeness (QED) is 0.0749. The molecular weight excluding hydrogens is 679 g/mol. The van der Waals surface area contributed by atoms with Gasteiger partial charge in [0.05, 0.1) is 6.61 Å². The van der Waals surface area contributed by atoms with Crippen LogP contribution in [0.2, 0.25) is 0 Å². The van der Waals surface area contributed by atoms with Gasteiger partial charge in [0.25, 0.3) is 5.91 Å². The van der Waals surface area contributed by atoms with Gasteiger partial charge in [0.2, 0.25) is 0 Å². The molecule has 3 aromatic carbocycles. The van der Waals surface area contributed by atoms with E-state index >= 15 is 0 Å². The van der Waals surface area contributed by atoms with Crippen LogP contribution >= 0.6 is 0 Å². The number of piperidine rings is 1. The van der Waals surface area contributed by atoms with Crippen LogP contribution in [0.25, 0.3) is 11.1 Å². The Kier molecular flexibility index (Phi) is 16.0. The number of hydrogen-bond acceptors (Lipinski definition) is 6. The van der Waals surface area contributed by atoms with Crippen molar-refractivity contribution in [1.29, 1.82) is 0 Å². The zero-order chi connectivity index (χ0) is 38.1. The van der Waals surface area contributed by atoms with Gasteiger partial charge in [-0.15, -0.1) is 0 Å². The highest BCUT2D eigenvalue weighted by Gasteiger charge is 2.32. The molecule has 0 unspecified atom stereocenters. The maximum Gasteiger partial charge on any atom is 0.409 e. The van der Waals surface area contributed by atoms with Crippen LogP contribution in [0.15, 0.2) is 72.8 Å². The lowest BCUT2D eigenvalue weighted by Crippen LogP contribution is -2.44. The minimum atomic E-state index is -0.878. The first kappa shape index (κ1) is 40.5. The third kappa shape index (κ3) is 11.4. The molecule has 9 heteroatoms. The lowest BCUT2D eigenvalue weighted by molar-refractivity contribution is -0.160. The molecule has 0 bridgehead atoms. The van der Waals surface area contributed by atoms with Crippen LogP contribution in [0.3, 0.4) is 0 Å². The van der Waals surface area contributed by atoms with Gasteiger partial charge in [-0.1, -0.05) is 125 Å². The second-order valence-corrected chi connectivity index (χ2v) is 14.8. The Bertz CT molecular complexity index is 1620. The largest absolute Gasteiger partial charge is 0.459 e. The Morgan fingerprint density at radius 2 is 1.30 bits per heavy atom. The molecule has 1 heterocycles. The number of unbranched alkanes of at least 4 members (excludes halogenated alkanes) is 9. The Balaban J connectivity index is 1.06. The summed E-state index contributed by atoms with van der Waals surface area (Å²) in [6.07, 6.45) is 13.5. The summed E-state index contributed by atoms with van der Waals surface area (Å²) in [6.45, 7) is 6.54. The van der Waals surface area contributed by atoms with E-state index in [0.717, 1.165) is 18.4 Å². The molecule has 0 radical (unpaired) electrons. The third-order valence-corrected chi connectivity index (χ3v) is 10.8. The topological polar surface area (TPSA) is 105 Å². The molecule has 1 saturated heterocycles. The Hall–Kier alpha value is -4.66. The Morgan fingerprint density at radius 1 is 0.722 bits per heavy atom. The number of nitrogens with one attached hydrogen (secondary N) is 1. The van der Waals surface area contributed by atoms with E-state index in [1.165, 1.54) is 78.5 Å². The van der Waals surface area contributed by atoms with E-state index in [2.05, 4.69) is 36.5 Å². The van der Waals surface area contributed by atoms with Gasteiger partial charge < -0.3 is 24.6 Å². The molecule has 290 valence electrons. The number of likely N-dealkylation sites (tertiary alicyclic amines) is 1. The minimum absolute atomic E-state index is 0.000781. The molecule has 9 nitrogen and oxygen atoms in total. The number of rotatable bonds is 19. The normalized spacial score (nSPS) is 13.9. The Labute approximate surface area is 321 Å². The molecule has 3 amide bonds. The minimum Gasteiger partial charge on any atom is -0.459 e. The number of carbonyl (C=O) groups is 4. The maximum absolute atomic E-state index is 13.2. The molecule has 5 rings (SSSR count). The number of hydrogen-bond donors (Lipinski definition) is 1. The number of esters is 1. The van der Waals surface area contributed by atoms with Crippen molar-refractivity contribution in [3.8, 4) is 11.1 Å². The van der Waals surface area contributed by atoms with E-state index in [9.17, 15) is 19.2 Å². The fourth-order valence-electron chi connectivity index (χ4n) is 7.73. The van der Waals surface area contributed by atoms with Crippen LogP contribution < -0.4 is 5.32 Å². The summed E-state index contributed by atoms with van der Waals surface area (Å²) in [6, 6.07) is 23.8. The molecule has 0 saturated carbocycles. The molecule has 3 aromatic rings. The first-order valence-electron chi connectivity index (χ1n) is 20.3. The molecular formula is C45H59N3O6. The highest BCUT2D eigenvalue weighted by Crippen LogP contribution is 2.44. The van der Waals surface area contributed by atoms with Crippen LogP contribution in [-0.4, -0.2) is 73.1 Å². The predicted molar refractivity (Wildman–Crippen MR) is 212 cm³/mol. The first-order valence-corrected chi connectivity index (χ1v) is 20.3. The van der Waals surface area contributed by atoms with Gasteiger partial charge in [0.15, 0.2) is 0 Å². The van der Waals surface area contributed by atoms with E-state index in [1.54, 1.807) is 24.0 Å². The molecule has 54 heavy (non-hydrogen) atoms. The van der Waals surface area contributed by atoms with Crippen molar-refractivity contribution in [3.63, 3.8) is 0 Å². The molecule has 1 aliphatic carbocycles. The molecule has 0 atom stereocenters. The summed E-state index contributed by atoms with van der Waals surface area (Å²) in [5.41, 5.74) is 6.11. The summed E-state index contributed by atoms with van der Waals surface area (Å²) in [5.74, 6) is -1.58. The van der Waals surface area contributed by atoms with Gasteiger partial charge in [-0.25, -0.2) is 9.59 Å². The van der Waals surface area contributed by atoms with Crippen molar-refractivity contribution >= 4 is 23.9 Å². The van der Waals surface area contributed by atoms with Crippen molar-refractivity contribution in [3.05, 3.63) is 95.1 Å². The average Bonchev–Trinajstić information content (AvgIpc) is 3.52. The summed E-state index contributed by atoms with van der Waals surface area (Å²) in [7, 11) is 0. The van der Waals surface area contributed by atoms with Crippen molar-refractivity contribution in [2.24, 2.45) is 5.92 Å². The van der Waals surface area contributed by atoms with Crippen molar-refractivity contribution in [2.45, 2.75) is 103 Å². The second-order valence-electron chi connectivity index (χ2n) is 14.8. The van der Waals surface area contributed by atoms with Gasteiger partial charge in [-0.2, -0.15) is 0 Å². The van der Waals surface area contributed by atoms with Gasteiger partial charge in [-0.3, -0.25) is 9.59 Å². The van der Waals surface area contributed by atoms with E-state index in [0.29, 0.717) is 44.6 Å². The molecule has 1 N–H and O–H groups in total. The van der Waals surface area contributed by atoms with E-state index in [-0.39, 0.29) is 43.6 Å². The fraction of sp³-hybridized carbons (Fsp3) is 0.511. The number of carbonyl (C=O) groups excluding carboxylic acids is 4. The summed E-state index contributed by atoms with van der Waals surface area (Å²) < 4.78 is 11.0. The Morgan fingerprint density at radius 3 is 1.89 bits per heavy atom. The average molecular weight is 738 g/mol. The van der Waals surface area contributed by atoms with E-state index in [1.807, 2.05) is 36.4 Å². The van der Waals surface area contributed by atoms with Crippen molar-refractivity contribution in [2.75, 3.05) is 39.4 Å². The zero-order valence-corrected chi connectivity index (χ0v) is 32.4. The highest BCUT2D eigenvalue weighted by molar-refractivity contribution is 6.32. The second kappa shape index (κ2) is 21.3. The lowest BCUT2D eigenvalue weighted by atomic mass is 9.96. The number of nitrogens with zero attached hydrogens (tertiary/aromatic N) is 2. The molecule has 2 aliphatic rings. The fourth-order valence-corrected chi connectivity index (χ4v) is 7.73. The first-order chi connectivity index (χ1) is 26.4. The molecule has 1 aliphatic heterocycles. The van der Waals surface area contributed by atoms with Crippen molar-refractivity contribution in [1.82, 2.24) is 15.1 Å².